The minimum absolute atomic E-state index is 0.498. The van der Waals surface area contributed by atoms with Crippen molar-refractivity contribution < 1.29 is 26.5 Å². The first-order valence-corrected chi connectivity index (χ1v) is 13.2. The summed E-state index contributed by atoms with van der Waals surface area (Å²) in [5, 5.41) is 0. The molecule has 0 aromatic carbocycles. The fourth-order valence-corrected chi connectivity index (χ4v) is 3.24. The van der Waals surface area contributed by atoms with Crippen LogP contribution in [0.5, 0.6) is 0 Å². The van der Waals surface area contributed by atoms with Crippen LogP contribution in [0.2, 0.25) is 0 Å². The van der Waals surface area contributed by atoms with Crippen molar-refractivity contribution in [1.82, 2.24) is 0 Å². The minimum atomic E-state index is -0.556. The van der Waals surface area contributed by atoms with E-state index in [1.165, 1.54) is 37.5 Å². The van der Waals surface area contributed by atoms with Gasteiger partial charge in [-0.1, -0.05) is 0 Å². The van der Waals surface area contributed by atoms with E-state index < -0.39 is 17.0 Å². The molecule has 2 aliphatic carbocycles. The summed E-state index contributed by atoms with van der Waals surface area (Å²) in [5.74, 6) is 2.83. The molecule has 5 heteroatoms. The molecular formula is C20H26Cl2O2Ti. The number of rotatable bonds is 4. The van der Waals surface area contributed by atoms with Crippen molar-refractivity contribution in [1.29, 1.82) is 0 Å². The summed E-state index contributed by atoms with van der Waals surface area (Å²) >= 11 is -0.556. The Labute approximate surface area is 171 Å². The molecule has 0 amide bonds. The summed E-state index contributed by atoms with van der Waals surface area (Å²) in [4.78, 5) is 0. The number of halogens is 2. The van der Waals surface area contributed by atoms with Crippen LogP contribution in [0.3, 0.4) is 0 Å². The van der Waals surface area contributed by atoms with Crippen molar-refractivity contribution in [3.05, 3.63) is 63.2 Å². The second-order valence-electron chi connectivity index (χ2n) is 6.34. The van der Waals surface area contributed by atoms with Gasteiger partial charge in [0.2, 0.25) is 0 Å². The molecule has 4 fully saturated rings. The fraction of sp³-hybridized carbons (Fsp3) is 0.500. The Hall–Kier alpha value is 1.21. The summed E-state index contributed by atoms with van der Waals surface area (Å²) in [6.45, 7) is 1.93. The third kappa shape index (κ3) is 9.81. The first-order valence-electron chi connectivity index (χ1n) is 8.92. The van der Waals surface area contributed by atoms with Gasteiger partial charge in [0.05, 0.1) is 12.2 Å². The molecular weight excluding hydrogens is 391 g/mol. The monoisotopic (exact) mass is 416 g/mol. The van der Waals surface area contributed by atoms with Gasteiger partial charge in [-0.3, -0.25) is 0 Å². The zero-order chi connectivity index (χ0) is 17.7. The van der Waals surface area contributed by atoms with Gasteiger partial charge in [0.1, 0.15) is 0 Å². The Bertz CT molecular complexity index is 251. The van der Waals surface area contributed by atoms with E-state index in [0.29, 0.717) is 12.2 Å². The topological polar surface area (TPSA) is 18.5 Å². The van der Waals surface area contributed by atoms with E-state index >= 15 is 0 Å². The van der Waals surface area contributed by atoms with Gasteiger partial charge in [-0.2, -0.15) is 0 Å². The molecule has 2 aliphatic heterocycles. The molecule has 2 saturated heterocycles. The molecule has 2 nitrogen and oxygen atoms in total. The van der Waals surface area contributed by atoms with Gasteiger partial charge in [-0.25, -0.2) is 0 Å². The molecule has 4 rings (SSSR count). The van der Waals surface area contributed by atoms with Crippen molar-refractivity contribution in [2.24, 2.45) is 0 Å². The van der Waals surface area contributed by atoms with Crippen molar-refractivity contribution in [2.45, 2.75) is 50.7 Å². The van der Waals surface area contributed by atoms with Crippen LogP contribution in [0.15, 0.2) is 0 Å². The Kier molecular flexibility index (Phi) is 12.8. The zero-order valence-corrected chi connectivity index (χ0v) is 17.6. The summed E-state index contributed by atoms with van der Waals surface area (Å²) < 4.78 is 11.1. The van der Waals surface area contributed by atoms with E-state index in [1.54, 1.807) is 0 Å². The normalized spacial score (nSPS) is 29.8. The first kappa shape index (κ1) is 22.5. The molecule has 2 saturated carbocycles. The molecule has 2 unspecified atom stereocenters. The summed E-state index contributed by atoms with van der Waals surface area (Å²) in [7, 11) is 9.78. The van der Waals surface area contributed by atoms with Crippen LogP contribution in [-0.4, -0.2) is 25.4 Å². The zero-order valence-electron chi connectivity index (χ0n) is 14.5. The Morgan fingerprint density at radius 2 is 1.12 bits per heavy atom. The van der Waals surface area contributed by atoms with E-state index in [-0.39, 0.29) is 0 Å². The maximum atomic E-state index is 5.53. The Morgan fingerprint density at radius 3 is 1.40 bits per heavy atom. The molecule has 0 N–H and O–H groups in total. The first-order chi connectivity index (χ1) is 12.3. The Morgan fingerprint density at radius 1 is 0.760 bits per heavy atom. The van der Waals surface area contributed by atoms with E-state index in [9.17, 15) is 0 Å². The molecule has 136 valence electrons. The van der Waals surface area contributed by atoms with Gasteiger partial charge in [0.25, 0.3) is 0 Å². The van der Waals surface area contributed by atoms with Gasteiger partial charge in [-0.15, -0.1) is 0 Å². The second-order valence-corrected chi connectivity index (χ2v) is 8.92. The van der Waals surface area contributed by atoms with Crippen molar-refractivity contribution in [2.75, 3.05) is 13.2 Å². The van der Waals surface area contributed by atoms with Gasteiger partial charge in [0.15, 0.2) is 0 Å². The predicted molar refractivity (Wildman–Crippen MR) is 99.8 cm³/mol. The summed E-state index contributed by atoms with van der Waals surface area (Å²) in [5.41, 5.74) is 0. The van der Waals surface area contributed by atoms with Crippen molar-refractivity contribution >= 4 is 18.6 Å². The van der Waals surface area contributed by atoms with Crippen LogP contribution in [0, 0.1) is 63.2 Å². The summed E-state index contributed by atoms with van der Waals surface area (Å²) in [6, 6.07) is 0. The maximum absolute atomic E-state index is 5.53. The van der Waals surface area contributed by atoms with Crippen LogP contribution in [0.4, 0.5) is 0 Å². The average molecular weight is 417 g/mol. The molecule has 0 aromatic rings. The molecule has 4 aliphatic rings. The van der Waals surface area contributed by atoms with Gasteiger partial charge >= 0.3 is 35.6 Å². The third-order valence-corrected chi connectivity index (χ3v) is 4.44. The van der Waals surface area contributed by atoms with Crippen molar-refractivity contribution in [3.63, 3.8) is 0 Å². The molecule has 25 heavy (non-hydrogen) atoms. The van der Waals surface area contributed by atoms with Crippen LogP contribution in [0.25, 0.3) is 0 Å². The molecule has 0 bridgehead atoms. The fourth-order valence-electron chi connectivity index (χ4n) is 3.24. The van der Waals surface area contributed by atoms with E-state index in [1.807, 2.05) is 0 Å². The molecule has 2 heterocycles. The number of ether oxygens (including phenoxy) is 2. The quantitative estimate of drug-likeness (QED) is 0.579. The number of hydrogen-bond acceptors (Lipinski definition) is 2. The van der Waals surface area contributed by atoms with Gasteiger partial charge in [0, 0.05) is 13.2 Å². The van der Waals surface area contributed by atoms with Crippen LogP contribution >= 0.6 is 18.6 Å². The van der Waals surface area contributed by atoms with Crippen LogP contribution in [0.1, 0.15) is 38.5 Å². The average Bonchev–Trinajstić information content (AvgIpc) is 3.40. The molecule has 2 atom stereocenters. The van der Waals surface area contributed by atoms with Gasteiger partial charge < -0.3 is 9.47 Å². The van der Waals surface area contributed by atoms with Crippen LogP contribution in [-0.2, 0) is 26.5 Å². The van der Waals surface area contributed by atoms with Gasteiger partial charge in [-0.05, 0) is 102 Å². The Balaban J connectivity index is 0.000000156. The standard InChI is InChI=1S/2C10H13O.2ClH.Ti/c2*1-2-5-9(4-1)8-10-6-3-7-11-10;;;/h2*1-2,4-5,10H,3,6-8H2;2*1H;/q;;;;+2/p-2. The van der Waals surface area contributed by atoms with E-state index in [2.05, 4.69) is 51.4 Å². The summed E-state index contributed by atoms with van der Waals surface area (Å²) in [6.07, 6.45) is 25.2. The van der Waals surface area contributed by atoms with Crippen LogP contribution < -0.4 is 0 Å². The molecule has 10 radical (unpaired) electrons. The molecule has 0 spiro atoms. The predicted octanol–water partition coefficient (Wildman–Crippen LogP) is 5.30. The van der Waals surface area contributed by atoms with E-state index in [0.717, 1.165) is 26.1 Å². The molecule has 0 aromatic heterocycles. The third-order valence-electron chi connectivity index (χ3n) is 4.44. The van der Waals surface area contributed by atoms with Crippen molar-refractivity contribution in [3.8, 4) is 0 Å². The number of hydrogen-bond donors (Lipinski definition) is 0. The SMILES string of the molecule is [CH]1[CH][CH][C](CC2CCCO2)[CH]1.[CH]1[CH][CH][C](CC2CCCO2)[CH]1.[Cl][Ti][Cl]. The second kappa shape index (κ2) is 14.2. The van der Waals surface area contributed by atoms with E-state index in [4.69, 9.17) is 28.1 Å².